The smallest absolute Gasteiger partial charge is 0.292 e. The van der Waals surface area contributed by atoms with Crippen LogP contribution in [0, 0.1) is 6.92 Å². The van der Waals surface area contributed by atoms with E-state index in [9.17, 15) is 4.79 Å². The summed E-state index contributed by atoms with van der Waals surface area (Å²) < 4.78 is 4.81. The Balaban J connectivity index is 2.85. The Labute approximate surface area is 71.3 Å². The largest absolute Gasteiger partial charge is 0.525 e. The quantitative estimate of drug-likeness (QED) is 0.449. The molecular formula is C8H17O2Si. The topological polar surface area (TPSA) is 26.3 Å². The lowest BCUT2D eigenvalue weighted by Crippen LogP contribution is -2.03. The molecule has 0 aliphatic heterocycles. The van der Waals surface area contributed by atoms with Gasteiger partial charge in [0, 0.05) is 0 Å². The summed E-state index contributed by atoms with van der Waals surface area (Å²) in [5.41, 5.74) is 0. The highest BCUT2D eigenvalue weighted by molar-refractivity contribution is 6.30. The highest BCUT2D eigenvalue weighted by Crippen LogP contribution is 2.01. The molecule has 0 aliphatic carbocycles. The van der Waals surface area contributed by atoms with Crippen molar-refractivity contribution in [3.8, 4) is 0 Å². The minimum atomic E-state index is -0.576. The fourth-order valence-corrected chi connectivity index (χ4v) is 1.82. The third-order valence-electron chi connectivity index (χ3n) is 1.51. The number of hydrogen-bond donors (Lipinski definition) is 0. The number of carbonyl (C=O) groups excluding carboxylic acids is 1. The lowest BCUT2D eigenvalue weighted by molar-refractivity contribution is -0.129. The molecule has 0 aromatic heterocycles. The zero-order valence-electron chi connectivity index (χ0n) is 7.27. The van der Waals surface area contributed by atoms with E-state index in [1.54, 1.807) is 0 Å². The maximum atomic E-state index is 10.2. The molecule has 65 valence electrons. The van der Waals surface area contributed by atoms with Gasteiger partial charge in [-0.15, -0.1) is 0 Å². The van der Waals surface area contributed by atoms with E-state index in [-0.39, 0.29) is 5.97 Å². The average Bonchev–Trinajstić information content (AvgIpc) is 1.96. The molecule has 0 spiro atoms. The predicted molar refractivity (Wildman–Crippen MR) is 48.9 cm³/mol. The maximum absolute atomic E-state index is 10.2. The Morgan fingerprint density at radius 1 is 1.45 bits per heavy atom. The zero-order chi connectivity index (χ0) is 8.53. The molecule has 0 aliphatic rings. The van der Waals surface area contributed by atoms with Gasteiger partial charge >= 0.3 is 0 Å². The first-order chi connectivity index (χ1) is 5.27. The summed E-state index contributed by atoms with van der Waals surface area (Å²) in [6, 6.07) is 1.11. The fourth-order valence-electron chi connectivity index (χ4n) is 0.892. The van der Waals surface area contributed by atoms with Crippen molar-refractivity contribution in [3.63, 3.8) is 0 Å². The zero-order valence-corrected chi connectivity index (χ0v) is 8.68. The summed E-state index contributed by atoms with van der Waals surface area (Å²) in [6.07, 6.45) is 5.05. The van der Waals surface area contributed by atoms with Gasteiger partial charge < -0.3 is 4.43 Å². The van der Waals surface area contributed by atoms with Gasteiger partial charge in [-0.3, -0.25) is 4.79 Å². The first-order valence-electron chi connectivity index (χ1n) is 4.26. The van der Waals surface area contributed by atoms with Crippen LogP contribution in [0.2, 0.25) is 6.04 Å². The Bertz CT molecular complexity index is 104. The van der Waals surface area contributed by atoms with Crippen LogP contribution >= 0.6 is 0 Å². The van der Waals surface area contributed by atoms with Gasteiger partial charge in [-0.1, -0.05) is 32.6 Å². The second-order valence-electron chi connectivity index (χ2n) is 2.63. The molecule has 0 unspecified atom stereocenters. The third-order valence-corrected chi connectivity index (χ3v) is 2.83. The molecule has 2 nitrogen and oxygen atoms in total. The van der Waals surface area contributed by atoms with E-state index in [4.69, 9.17) is 4.43 Å². The molecule has 0 fully saturated rings. The average molecular weight is 173 g/mol. The normalized spacial score (nSPS) is 10.7. The molecular weight excluding hydrogens is 156 g/mol. The van der Waals surface area contributed by atoms with Gasteiger partial charge in [0.05, 0.1) is 6.92 Å². The SMILES string of the molecule is [CH2]C(=O)O[SiH2]CCCCCC. The Kier molecular flexibility index (Phi) is 7.57. The van der Waals surface area contributed by atoms with Crippen LogP contribution in [0.5, 0.6) is 0 Å². The standard InChI is InChI=1S/C8H17O2Si/c1-3-4-5-6-7-11-10-8(2)9/h2-7,11H2,1H3. The minimum absolute atomic E-state index is 0.354. The molecule has 0 saturated carbocycles. The van der Waals surface area contributed by atoms with Crippen molar-refractivity contribution in [2.75, 3.05) is 0 Å². The maximum Gasteiger partial charge on any atom is 0.292 e. The van der Waals surface area contributed by atoms with Crippen LogP contribution in [-0.2, 0) is 9.22 Å². The molecule has 0 aromatic rings. The van der Waals surface area contributed by atoms with Crippen molar-refractivity contribution in [3.05, 3.63) is 6.92 Å². The molecule has 11 heavy (non-hydrogen) atoms. The van der Waals surface area contributed by atoms with Crippen molar-refractivity contribution in [1.29, 1.82) is 0 Å². The van der Waals surface area contributed by atoms with E-state index in [0.29, 0.717) is 0 Å². The second kappa shape index (κ2) is 7.79. The van der Waals surface area contributed by atoms with Crippen molar-refractivity contribution >= 4 is 15.7 Å². The Morgan fingerprint density at radius 3 is 2.73 bits per heavy atom. The number of unbranched alkanes of at least 4 members (excludes halogenated alkanes) is 3. The summed E-state index contributed by atoms with van der Waals surface area (Å²) in [5.74, 6) is -0.354. The number of carbonyl (C=O) groups is 1. The monoisotopic (exact) mass is 173 g/mol. The number of hydrogen-bond acceptors (Lipinski definition) is 2. The van der Waals surface area contributed by atoms with E-state index >= 15 is 0 Å². The molecule has 0 rings (SSSR count). The second-order valence-corrected chi connectivity index (χ2v) is 4.04. The molecule has 0 amide bonds. The Morgan fingerprint density at radius 2 is 2.18 bits per heavy atom. The van der Waals surface area contributed by atoms with Crippen molar-refractivity contribution in [2.24, 2.45) is 0 Å². The van der Waals surface area contributed by atoms with Crippen LogP contribution in [0.4, 0.5) is 0 Å². The lowest BCUT2D eigenvalue weighted by atomic mass is 10.2. The van der Waals surface area contributed by atoms with E-state index in [1.165, 1.54) is 25.7 Å². The van der Waals surface area contributed by atoms with Crippen molar-refractivity contribution in [2.45, 2.75) is 38.7 Å². The molecule has 3 heteroatoms. The Hall–Kier alpha value is -0.313. The lowest BCUT2D eigenvalue weighted by Gasteiger charge is -1.99. The molecule has 0 saturated heterocycles. The van der Waals surface area contributed by atoms with Crippen LogP contribution < -0.4 is 0 Å². The van der Waals surface area contributed by atoms with Crippen LogP contribution in [-0.4, -0.2) is 15.7 Å². The van der Waals surface area contributed by atoms with E-state index in [0.717, 1.165) is 6.04 Å². The van der Waals surface area contributed by atoms with Crippen molar-refractivity contribution < 1.29 is 9.22 Å². The van der Waals surface area contributed by atoms with Gasteiger partial charge in [-0.25, -0.2) is 0 Å². The predicted octanol–water partition coefficient (Wildman–Crippen LogP) is 1.45. The summed E-state index contributed by atoms with van der Waals surface area (Å²) in [4.78, 5) is 10.2. The molecule has 0 N–H and O–H groups in total. The van der Waals surface area contributed by atoms with Crippen LogP contribution in [0.25, 0.3) is 0 Å². The van der Waals surface area contributed by atoms with E-state index in [1.807, 2.05) is 0 Å². The molecule has 1 radical (unpaired) electrons. The van der Waals surface area contributed by atoms with Gasteiger partial charge in [0.1, 0.15) is 0 Å². The highest BCUT2D eigenvalue weighted by Gasteiger charge is 1.93. The van der Waals surface area contributed by atoms with Gasteiger partial charge in [-0.05, 0) is 6.04 Å². The molecule has 0 atom stereocenters. The third kappa shape index (κ3) is 9.69. The first-order valence-corrected chi connectivity index (χ1v) is 5.83. The van der Waals surface area contributed by atoms with Gasteiger partial charge in [-0.2, -0.15) is 0 Å². The van der Waals surface area contributed by atoms with Gasteiger partial charge in [0.15, 0.2) is 0 Å². The summed E-state index contributed by atoms with van der Waals surface area (Å²) in [7, 11) is -0.576. The van der Waals surface area contributed by atoms with Gasteiger partial charge in [0.25, 0.3) is 5.97 Å². The van der Waals surface area contributed by atoms with E-state index in [2.05, 4.69) is 13.8 Å². The van der Waals surface area contributed by atoms with Crippen LogP contribution in [0.3, 0.4) is 0 Å². The van der Waals surface area contributed by atoms with Crippen LogP contribution in [0.1, 0.15) is 32.6 Å². The first kappa shape index (κ1) is 10.7. The minimum Gasteiger partial charge on any atom is -0.525 e. The molecule has 0 bridgehead atoms. The summed E-state index contributed by atoms with van der Waals surface area (Å²) >= 11 is 0. The highest BCUT2D eigenvalue weighted by atomic mass is 28.2. The number of rotatable bonds is 6. The summed E-state index contributed by atoms with van der Waals surface area (Å²) in [6.45, 7) is 5.33. The van der Waals surface area contributed by atoms with E-state index < -0.39 is 9.76 Å². The summed E-state index contributed by atoms with van der Waals surface area (Å²) in [5, 5.41) is 0. The van der Waals surface area contributed by atoms with Crippen molar-refractivity contribution in [1.82, 2.24) is 0 Å². The molecule has 0 aromatic carbocycles. The van der Waals surface area contributed by atoms with Crippen LogP contribution in [0.15, 0.2) is 0 Å². The fraction of sp³-hybridized carbons (Fsp3) is 0.750. The molecule has 0 heterocycles. The van der Waals surface area contributed by atoms with Gasteiger partial charge in [0.2, 0.25) is 9.76 Å².